The second-order valence-corrected chi connectivity index (χ2v) is 9.93. The first-order valence-electron chi connectivity index (χ1n) is 9.05. The van der Waals surface area contributed by atoms with Gasteiger partial charge in [-0.1, -0.05) is 15.9 Å². The van der Waals surface area contributed by atoms with Crippen molar-refractivity contribution in [1.29, 1.82) is 0 Å². The number of nitrogens with zero attached hydrogens (tertiary/aromatic N) is 1. The molecule has 0 fully saturated rings. The molecule has 0 saturated carbocycles. The van der Waals surface area contributed by atoms with E-state index in [9.17, 15) is 18.0 Å². The molecule has 0 bridgehead atoms. The molecular weight excluding hydrogens is 444 g/mol. The lowest BCUT2D eigenvalue weighted by Crippen LogP contribution is -2.40. The van der Waals surface area contributed by atoms with Crippen LogP contribution in [0.15, 0.2) is 39.7 Å². The number of fused-ring (bicyclic) bond motifs is 2. The zero-order chi connectivity index (χ0) is 20.1. The van der Waals surface area contributed by atoms with Crippen molar-refractivity contribution in [3.8, 4) is 0 Å². The molecule has 2 amide bonds. The minimum Gasteiger partial charge on any atom is -0.322 e. The molecule has 0 atom stereocenters. The number of carbonyl (C=O) groups excluding carboxylic acids is 2. The number of likely N-dealkylation sites (N-methyl/N-ethyl adjacent to an activating group) is 1. The summed E-state index contributed by atoms with van der Waals surface area (Å²) in [5.74, 6) is -0.897. The van der Waals surface area contributed by atoms with Crippen LogP contribution in [0, 0.1) is 0 Å². The predicted octanol–water partition coefficient (Wildman–Crippen LogP) is 3.28. The van der Waals surface area contributed by atoms with Crippen LogP contribution in [0.25, 0.3) is 0 Å². The molecular formula is C20H19BrN2O4S. The number of aryl methyl sites for hydroxylation is 1. The Morgan fingerprint density at radius 2 is 1.79 bits per heavy atom. The molecule has 28 heavy (non-hydrogen) atoms. The maximum atomic E-state index is 13.2. The van der Waals surface area contributed by atoms with Crippen molar-refractivity contribution < 1.29 is 18.0 Å². The van der Waals surface area contributed by atoms with Crippen molar-refractivity contribution >= 4 is 43.5 Å². The van der Waals surface area contributed by atoms with Gasteiger partial charge in [-0.3, -0.25) is 9.59 Å². The van der Waals surface area contributed by atoms with E-state index in [1.165, 1.54) is 7.05 Å². The number of carbonyl (C=O) groups is 2. The van der Waals surface area contributed by atoms with Crippen LogP contribution in [0.1, 0.15) is 39.9 Å². The SMILES string of the molecule is CN1C(=O)Cc2c(cc3c(c2C(=O)Nc2ccc(Br)cc2)CCCC3)S1(=O)=O. The van der Waals surface area contributed by atoms with Crippen molar-refractivity contribution in [2.45, 2.75) is 37.0 Å². The molecule has 0 aromatic heterocycles. The fourth-order valence-corrected chi connectivity index (χ4v) is 5.54. The van der Waals surface area contributed by atoms with Crippen molar-refractivity contribution in [3.05, 3.63) is 57.1 Å². The fraction of sp³-hybridized carbons (Fsp3) is 0.300. The van der Waals surface area contributed by atoms with E-state index in [-0.39, 0.29) is 17.2 Å². The van der Waals surface area contributed by atoms with Gasteiger partial charge in [-0.25, -0.2) is 12.7 Å². The molecule has 0 unspecified atom stereocenters. The molecule has 6 nitrogen and oxygen atoms in total. The summed E-state index contributed by atoms with van der Waals surface area (Å²) >= 11 is 3.36. The molecule has 1 aliphatic heterocycles. The lowest BCUT2D eigenvalue weighted by Gasteiger charge is -2.30. The van der Waals surface area contributed by atoms with Crippen LogP contribution in [-0.4, -0.2) is 31.6 Å². The highest BCUT2D eigenvalue weighted by molar-refractivity contribution is 9.10. The number of hydrogen-bond acceptors (Lipinski definition) is 4. The largest absolute Gasteiger partial charge is 0.322 e. The van der Waals surface area contributed by atoms with Crippen molar-refractivity contribution in [2.75, 3.05) is 12.4 Å². The number of benzene rings is 2. The van der Waals surface area contributed by atoms with Gasteiger partial charge in [-0.15, -0.1) is 0 Å². The molecule has 1 aliphatic carbocycles. The molecule has 1 heterocycles. The molecule has 0 saturated heterocycles. The standard InChI is InChI=1S/C20H19BrN2O4S/c1-23-18(24)11-16-17(28(23,26)27)10-12-4-2-3-5-15(12)19(16)20(25)22-14-8-6-13(21)7-9-14/h6-10H,2-5,11H2,1H3,(H,22,25). The van der Waals surface area contributed by atoms with E-state index in [0.29, 0.717) is 23.2 Å². The Morgan fingerprint density at radius 3 is 2.50 bits per heavy atom. The van der Waals surface area contributed by atoms with E-state index in [0.717, 1.165) is 39.2 Å². The zero-order valence-corrected chi connectivity index (χ0v) is 17.7. The summed E-state index contributed by atoms with van der Waals surface area (Å²) in [6, 6.07) is 8.82. The minimum atomic E-state index is -3.94. The highest BCUT2D eigenvalue weighted by Gasteiger charge is 2.38. The lowest BCUT2D eigenvalue weighted by atomic mass is 9.84. The van der Waals surface area contributed by atoms with E-state index in [2.05, 4.69) is 21.2 Å². The second kappa shape index (κ2) is 7.00. The third-order valence-corrected chi connectivity index (χ3v) is 7.74. The van der Waals surface area contributed by atoms with Crippen LogP contribution >= 0.6 is 15.9 Å². The lowest BCUT2D eigenvalue weighted by molar-refractivity contribution is -0.125. The van der Waals surface area contributed by atoms with Crippen LogP contribution in [0.3, 0.4) is 0 Å². The Morgan fingerprint density at radius 1 is 1.11 bits per heavy atom. The van der Waals surface area contributed by atoms with Gasteiger partial charge >= 0.3 is 0 Å². The zero-order valence-electron chi connectivity index (χ0n) is 15.3. The summed E-state index contributed by atoms with van der Waals surface area (Å²) in [5.41, 5.74) is 3.03. The van der Waals surface area contributed by atoms with E-state index in [4.69, 9.17) is 0 Å². The fourth-order valence-electron chi connectivity index (χ4n) is 3.87. The second-order valence-electron chi connectivity index (χ2n) is 7.08. The molecule has 2 aromatic carbocycles. The highest BCUT2D eigenvalue weighted by atomic mass is 79.9. The van der Waals surface area contributed by atoms with Crippen molar-refractivity contribution in [3.63, 3.8) is 0 Å². The van der Waals surface area contributed by atoms with E-state index in [1.54, 1.807) is 18.2 Å². The Kier molecular flexibility index (Phi) is 4.79. The van der Waals surface area contributed by atoms with Gasteiger partial charge in [0.25, 0.3) is 15.9 Å². The number of amides is 2. The average Bonchev–Trinajstić information content (AvgIpc) is 2.67. The molecule has 0 spiro atoms. The number of rotatable bonds is 2. The Bertz CT molecular complexity index is 1090. The average molecular weight is 463 g/mol. The minimum absolute atomic E-state index is 0.0798. The third-order valence-electron chi connectivity index (χ3n) is 5.36. The van der Waals surface area contributed by atoms with Crippen LogP contribution < -0.4 is 5.32 Å². The van der Waals surface area contributed by atoms with Crippen molar-refractivity contribution in [2.24, 2.45) is 0 Å². The summed E-state index contributed by atoms with van der Waals surface area (Å²) in [6.45, 7) is 0. The van der Waals surface area contributed by atoms with Gasteiger partial charge in [0.1, 0.15) is 0 Å². The molecule has 1 N–H and O–H groups in total. The van der Waals surface area contributed by atoms with E-state index in [1.807, 2.05) is 12.1 Å². The first-order chi connectivity index (χ1) is 13.3. The molecule has 4 rings (SSSR count). The summed E-state index contributed by atoms with van der Waals surface area (Å²) in [7, 11) is -2.67. The normalized spacial score (nSPS) is 17.6. The first kappa shape index (κ1) is 19.1. The molecule has 2 aliphatic rings. The van der Waals surface area contributed by atoms with Crippen LogP contribution in [0.5, 0.6) is 0 Å². The van der Waals surface area contributed by atoms with Crippen LogP contribution in [0.2, 0.25) is 0 Å². The van der Waals surface area contributed by atoms with Crippen LogP contribution in [0.4, 0.5) is 5.69 Å². The number of sulfonamides is 1. The quantitative estimate of drug-likeness (QED) is 0.741. The van der Waals surface area contributed by atoms with E-state index < -0.39 is 15.9 Å². The van der Waals surface area contributed by atoms with Gasteiger partial charge in [0.05, 0.1) is 11.3 Å². The molecule has 8 heteroatoms. The summed E-state index contributed by atoms with van der Waals surface area (Å²) < 4.78 is 27.3. The molecule has 0 radical (unpaired) electrons. The Labute approximate surface area is 172 Å². The van der Waals surface area contributed by atoms with Crippen LogP contribution in [-0.2, 0) is 34.1 Å². The highest BCUT2D eigenvalue weighted by Crippen LogP contribution is 2.36. The van der Waals surface area contributed by atoms with Gasteiger partial charge < -0.3 is 5.32 Å². The Hall–Kier alpha value is -2.19. The maximum absolute atomic E-state index is 13.2. The number of halogens is 1. The first-order valence-corrected chi connectivity index (χ1v) is 11.3. The van der Waals surface area contributed by atoms with Crippen molar-refractivity contribution in [1.82, 2.24) is 4.31 Å². The molecule has 2 aromatic rings. The van der Waals surface area contributed by atoms with Gasteiger partial charge in [0, 0.05) is 22.8 Å². The Balaban J connectivity index is 1.88. The predicted molar refractivity (Wildman–Crippen MR) is 109 cm³/mol. The van der Waals surface area contributed by atoms with Gasteiger partial charge in [-0.05, 0) is 72.7 Å². The van der Waals surface area contributed by atoms with Gasteiger partial charge in [0.2, 0.25) is 5.91 Å². The molecule has 146 valence electrons. The topological polar surface area (TPSA) is 83.6 Å². The summed E-state index contributed by atoms with van der Waals surface area (Å²) in [6.07, 6.45) is 3.23. The smallest absolute Gasteiger partial charge is 0.266 e. The van der Waals surface area contributed by atoms with Gasteiger partial charge in [0.15, 0.2) is 0 Å². The van der Waals surface area contributed by atoms with Gasteiger partial charge in [-0.2, -0.15) is 0 Å². The van der Waals surface area contributed by atoms with E-state index >= 15 is 0 Å². The monoisotopic (exact) mass is 462 g/mol. The number of nitrogens with one attached hydrogen (secondary N) is 1. The number of anilines is 1. The summed E-state index contributed by atoms with van der Waals surface area (Å²) in [5, 5.41) is 2.86. The summed E-state index contributed by atoms with van der Waals surface area (Å²) in [4.78, 5) is 25.6. The number of hydrogen-bond donors (Lipinski definition) is 1. The maximum Gasteiger partial charge on any atom is 0.266 e. The third kappa shape index (κ3) is 3.14.